The monoisotopic (exact) mass is 407 g/mol. The van der Waals surface area contributed by atoms with Crippen LogP contribution in [0.3, 0.4) is 0 Å². The molecule has 0 saturated carbocycles. The minimum atomic E-state index is 0.0245. The summed E-state index contributed by atoms with van der Waals surface area (Å²) in [6.07, 6.45) is 3.76. The maximum Gasteiger partial charge on any atom is 0.222 e. The Labute approximate surface area is 179 Å². The molecule has 0 aliphatic rings. The summed E-state index contributed by atoms with van der Waals surface area (Å²) in [5.74, 6) is 2.19. The summed E-state index contributed by atoms with van der Waals surface area (Å²) < 4.78 is 8.26. The van der Waals surface area contributed by atoms with Gasteiger partial charge in [-0.1, -0.05) is 44.2 Å². The first kappa shape index (κ1) is 21.9. The molecule has 30 heavy (non-hydrogen) atoms. The molecule has 0 aliphatic heterocycles. The molecule has 0 saturated heterocycles. The number of aromatic nitrogens is 2. The van der Waals surface area contributed by atoms with Crippen LogP contribution < -0.4 is 10.1 Å². The number of aryl methyl sites for hydroxylation is 3. The highest BCUT2D eigenvalue weighted by Crippen LogP contribution is 2.19. The SMILES string of the molecule is Cc1ccccc1OCCCCn1c(CCCNC(=O)C(C)C)nc2ccccc21. The summed E-state index contributed by atoms with van der Waals surface area (Å²) in [6.45, 7) is 8.22. The minimum absolute atomic E-state index is 0.0245. The topological polar surface area (TPSA) is 56.1 Å². The first-order valence-electron chi connectivity index (χ1n) is 11.0. The molecule has 1 heterocycles. The predicted molar refractivity (Wildman–Crippen MR) is 122 cm³/mol. The Kier molecular flexibility index (Phi) is 7.89. The van der Waals surface area contributed by atoms with Crippen LogP contribution in [0, 0.1) is 12.8 Å². The van der Waals surface area contributed by atoms with Crippen LogP contribution in [-0.2, 0) is 17.8 Å². The highest BCUT2D eigenvalue weighted by molar-refractivity contribution is 5.77. The Morgan fingerprint density at radius 2 is 1.83 bits per heavy atom. The van der Waals surface area contributed by atoms with Crippen molar-refractivity contribution in [1.29, 1.82) is 0 Å². The quantitative estimate of drug-likeness (QED) is 0.460. The number of para-hydroxylation sites is 3. The third-order valence-electron chi connectivity index (χ3n) is 5.26. The van der Waals surface area contributed by atoms with Crippen LogP contribution in [0.15, 0.2) is 48.5 Å². The highest BCUT2D eigenvalue weighted by atomic mass is 16.5. The molecule has 3 aromatic rings. The molecular formula is C25H33N3O2. The number of amides is 1. The first-order chi connectivity index (χ1) is 14.6. The Bertz CT molecular complexity index is 962. The average Bonchev–Trinajstić information content (AvgIpc) is 3.09. The van der Waals surface area contributed by atoms with Crippen molar-refractivity contribution in [3.63, 3.8) is 0 Å². The molecule has 0 atom stereocenters. The van der Waals surface area contributed by atoms with Gasteiger partial charge in [-0.3, -0.25) is 4.79 Å². The van der Waals surface area contributed by atoms with Crippen molar-refractivity contribution in [2.24, 2.45) is 5.92 Å². The summed E-state index contributed by atoms with van der Waals surface area (Å²) >= 11 is 0. The molecule has 1 amide bonds. The van der Waals surface area contributed by atoms with E-state index in [-0.39, 0.29) is 11.8 Å². The normalized spacial score (nSPS) is 11.2. The number of rotatable bonds is 11. The van der Waals surface area contributed by atoms with Gasteiger partial charge in [0.05, 0.1) is 17.6 Å². The Morgan fingerprint density at radius 3 is 2.63 bits per heavy atom. The van der Waals surface area contributed by atoms with Crippen LogP contribution in [0.2, 0.25) is 0 Å². The van der Waals surface area contributed by atoms with Crippen molar-refractivity contribution < 1.29 is 9.53 Å². The number of carbonyl (C=O) groups is 1. The first-order valence-corrected chi connectivity index (χ1v) is 11.0. The van der Waals surface area contributed by atoms with E-state index < -0.39 is 0 Å². The van der Waals surface area contributed by atoms with Gasteiger partial charge in [0.25, 0.3) is 0 Å². The number of imidazole rings is 1. The van der Waals surface area contributed by atoms with E-state index in [0.29, 0.717) is 13.2 Å². The third-order valence-corrected chi connectivity index (χ3v) is 5.26. The average molecular weight is 408 g/mol. The summed E-state index contributed by atoms with van der Waals surface area (Å²) in [6, 6.07) is 16.4. The Morgan fingerprint density at radius 1 is 1.07 bits per heavy atom. The second-order valence-corrected chi connectivity index (χ2v) is 8.04. The number of hydrogen-bond acceptors (Lipinski definition) is 3. The van der Waals surface area contributed by atoms with E-state index in [2.05, 4.69) is 41.1 Å². The van der Waals surface area contributed by atoms with E-state index >= 15 is 0 Å². The molecule has 0 radical (unpaired) electrons. The fraction of sp³-hybridized carbons (Fsp3) is 0.440. The lowest BCUT2D eigenvalue weighted by Gasteiger charge is -2.11. The van der Waals surface area contributed by atoms with Crippen LogP contribution in [0.25, 0.3) is 11.0 Å². The molecule has 5 heteroatoms. The van der Waals surface area contributed by atoms with Crippen LogP contribution in [0.5, 0.6) is 5.75 Å². The molecule has 2 aromatic carbocycles. The van der Waals surface area contributed by atoms with Gasteiger partial charge < -0.3 is 14.6 Å². The number of hydrogen-bond donors (Lipinski definition) is 1. The Hall–Kier alpha value is -2.82. The largest absolute Gasteiger partial charge is 0.493 e. The minimum Gasteiger partial charge on any atom is -0.493 e. The standard InChI is InChI=1S/C25H33N3O2/c1-19(2)25(29)26-16-10-15-24-27-21-12-5-6-13-22(21)28(24)17-8-9-18-30-23-14-7-4-11-20(23)3/h4-7,11-14,19H,8-10,15-18H2,1-3H3,(H,26,29). The van der Waals surface area contributed by atoms with Crippen molar-refractivity contribution in [3.8, 4) is 5.75 Å². The van der Waals surface area contributed by atoms with Gasteiger partial charge in [0.15, 0.2) is 0 Å². The number of carbonyl (C=O) groups excluding carboxylic acids is 1. The number of nitrogens with zero attached hydrogens (tertiary/aromatic N) is 2. The van der Waals surface area contributed by atoms with Crippen molar-refractivity contribution >= 4 is 16.9 Å². The molecular weight excluding hydrogens is 374 g/mol. The lowest BCUT2D eigenvalue weighted by Crippen LogP contribution is -2.28. The van der Waals surface area contributed by atoms with E-state index in [4.69, 9.17) is 9.72 Å². The van der Waals surface area contributed by atoms with Gasteiger partial charge in [0.2, 0.25) is 5.91 Å². The molecule has 0 aliphatic carbocycles. The molecule has 1 aromatic heterocycles. The van der Waals surface area contributed by atoms with Gasteiger partial charge in [-0.05, 0) is 49.9 Å². The van der Waals surface area contributed by atoms with Crippen LogP contribution in [0.1, 0.15) is 44.5 Å². The summed E-state index contributed by atoms with van der Waals surface area (Å²) in [4.78, 5) is 16.6. The molecule has 1 N–H and O–H groups in total. The molecule has 3 rings (SSSR count). The van der Waals surface area contributed by atoms with E-state index in [1.54, 1.807) is 0 Å². The van der Waals surface area contributed by atoms with Crippen molar-refractivity contribution in [2.75, 3.05) is 13.2 Å². The number of nitrogens with one attached hydrogen (secondary N) is 1. The van der Waals surface area contributed by atoms with Crippen molar-refractivity contribution in [1.82, 2.24) is 14.9 Å². The highest BCUT2D eigenvalue weighted by Gasteiger charge is 2.11. The van der Waals surface area contributed by atoms with Crippen LogP contribution in [0.4, 0.5) is 0 Å². The van der Waals surface area contributed by atoms with Gasteiger partial charge in [0.1, 0.15) is 11.6 Å². The van der Waals surface area contributed by atoms with Gasteiger partial charge >= 0.3 is 0 Å². The van der Waals surface area contributed by atoms with E-state index in [1.165, 1.54) is 11.1 Å². The smallest absolute Gasteiger partial charge is 0.222 e. The lowest BCUT2D eigenvalue weighted by atomic mass is 10.2. The predicted octanol–water partition coefficient (Wildman–Crippen LogP) is 4.91. The molecule has 0 spiro atoms. The van der Waals surface area contributed by atoms with E-state index in [1.807, 2.05) is 38.1 Å². The maximum absolute atomic E-state index is 11.7. The summed E-state index contributed by atoms with van der Waals surface area (Å²) in [5.41, 5.74) is 3.39. The zero-order valence-electron chi connectivity index (χ0n) is 18.4. The van der Waals surface area contributed by atoms with Gasteiger partial charge in [0, 0.05) is 25.4 Å². The fourth-order valence-corrected chi connectivity index (χ4v) is 3.50. The van der Waals surface area contributed by atoms with Gasteiger partial charge in [-0.2, -0.15) is 0 Å². The fourth-order valence-electron chi connectivity index (χ4n) is 3.50. The van der Waals surface area contributed by atoms with Gasteiger partial charge in [-0.15, -0.1) is 0 Å². The number of benzene rings is 2. The lowest BCUT2D eigenvalue weighted by molar-refractivity contribution is -0.123. The van der Waals surface area contributed by atoms with Crippen molar-refractivity contribution in [2.45, 2.75) is 53.0 Å². The Balaban J connectivity index is 1.54. The van der Waals surface area contributed by atoms with E-state index in [9.17, 15) is 4.79 Å². The number of ether oxygens (including phenoxy) is 1. The van der Waals surface area contributed by atoms with E-state index in [0.717, 1.165) is 49.3 Å². The molecule has 160 valence electrons. The molecule has 5 nitrogen and oxygen atoms in total. The third kappa shape index (κ3) is 5.85. The van der Waals surface area contributed by atoms with Crippen molar-refractivity contribution in [3.05, 3.63) is 59.9 Å². The van der Waals surface area contributed by atoms with Gasteiger partial charge in [-0.25, -0.2) is 4.98 Å². The number of fused-ring (bicyclic) bond motifs is 1. The zero-order chi connectivity index (χ0) is 21.3. The second-order valence-electron chi connectivity index (χ2n) is 8.04. The zero-order valence-corrected chi connectivity index (χ0v) is 18.4. The molecule has 0 unspecified atom stereocenters. The number of unbranched alkanes of at least 4 members (excludes halogenated alkanes) is 1. The molecule has 0 bridgehead atoms. The van der Waals surface area contributed by atoms with Crippen LogP contribution in [-0.4, -0.2) is 28.6 Å². The second kappa shape index (κ2) is 10.8. The molecule has 0 fully saturated rings. The van der Waals surface area contributed by atoms with Crippen LogP contribution >= 0.6 is 0 Å². The summed E-state index contributed by atoms with van der Waals surface area (Å²) in [5, 5.41) is 2.99. The summed E-state index contributed by atoms with van der Waals surface area (Å²) in [7, 11) is 0. The maximum atomic E-state index is 11.7.